The van der Waals surface area contributed by atoms with Gasteiger partial charge in [0, 0.05) is 18.0 Å². The third kappa shape index (κ3) is 3.78. The van der Waals surface area contributed by atoms with Crippen molar-refractivity contribution in [2.75, 3.05) is 5.32 Å². The number of H-pyrrole nitrogens is 1. The summed E-state index contributed by atoms with van der Waals surface area (Å²) in [7, 11) is 0. The van der Waals surface area contributed by atoms with E-state index < -0.39 is 5.76 Å². The van der Waals surface area contributed by atoms with Gasteiger partial charge in [0.15, 0.2) is 5.58 Å². The molecule has 0 saturated carbocycles. The summed E-state index contributed by atoms with van der Waals surface area (Å²) in [5.41, 5.74) is 2.91. The van der Waals surface area contributed by atoms with Crippen molar-refractivity contribution in [3.63, 3.8) is 0 Å². The molecule has 7 heteroatoms. The van der Waals surface area contributed by atoms with Gasteiger partial charge in [-0.05, 0) is 36.8 Å². The largest absolute Gasteiger partial charge is 0.470 e. The van der Waals surface area contributed by atoms with Crippen LogP contribution in [0.25, 0.3) is 11.1 Å². The van der Waals surface area contributed by atoms with Crippen molar-refractivity contribution in [1.29, 1.82) is 0 Å². The number of carbonyl (C=O) groups excluding carboxylic acids is 1. The fourth-order valence-corrected chi connectivity index (χ4v) is 2.79. The molecule has 2 N–H and O–H groups in total. The monoisotopic (exact) mass is 375 g/mol. The van der Waals surface area contributed by atoms with Crippen molar-refractivity contribution < 1.29 is 13.9 Å². The molecule has 0 radical (unpaired) electrons. The van der Waals surface area contributed by atoms with E-state index in [0.29, 0.717) is 28.2 Å². The molecule has 0 unspecified atom stereocenters. The lowest BCUT2D eigenvalue weighted by Crippen LogP contribution is -2.12. The molecule has 0 spiro atoms. The Morgan fingerprint density at radius 2 is 1.96 bits per heavy atom. The van der Waals surface area contributed by atoms with Crippen molar-refractivity contribution in [2.45, 2.75) is 13.0 Å². The fourth-order valence-electron chi connectivity index (χ4n) is 2.79. The highest BCUT2D eigenvalue weighted by Crippen LogP contribution is 2.21. The molecule has 0 aliphatic heterocycles. The lowest BCUT2D eigenvalue weighted by atomic mass is 10.1. The summed E-state index contributed by atoms with van der Waals surface area (Å²) in [6.45, 7) is 1.94. The van der Waals surface area contributed by atoms with Crippen LogP contribution in [-0.4, -0.2) is 15.9 Å². The van der Waals surface area contributed by atoms with E-state index in [0.717, 1.165) is 5.56 Å². The van der Waals surface area contributed by atoms with Gasteiger partial charge >= 0.3 is 5.76 Å². The van der Waals surface area contributed by atoms with E-state index in [4.69, 9.17) is 9.15 Å². The summed E-state index contributed by atoms with van der Waals surface area (Å²) in [4.78, 5) is 30.4. The van der Waals surface area contributed by atoms with Crippen LogP contribution in [0.15, 0.2) is 76.1 Å². The second-order valence-electron chi connectivity index (χ2n) is 6.24. The Balaban J connectivity index is 1.43. The van der Waals surface area contributed by atoms with Gasteiger partial charge in [0.05, 0.1) is 11.1 Å². The molecule has 0 aliphatic rings. The topological polar surface area (TPSA) is 97.2 Å². The van der Waals surface area contributed by atoms with E-state index in [1.54, 1.807) is 30.3 Å². The van der Waals surface area contributed by atoms with E-state index in [-0.39, 0.29) is 12.0 Å². The molecule has 7 nitrogen and oxygen atoms in total. The number of nitrogens with zero attached hydrogens (tertiary/aromatic N) is 1. The molecule has 0 saturated heterocycles. The number of carbonyl (C=O) groups is 1. The Morgan fingerprint density at radius 1 is 1.14 bits per heavy atom. The molecule has 2 aromatic carbocycles. The number of hydrogen-bond acceptors (Lipinski definition) is 5. The van der Waals surface area contributed by atoms with Crippen LogP contribution in [0, 0.1) is 0 Å². The first kappa shape index (κ1) is 17.5. The molecule has 2 aromatic heterocycles. The zero-order valence-electron chi connectivity index (χ0n) is 15.0. The highest BCUT2D eigenvalue weighted by Gasteiger charge is 2.11. The Hall–Kier alpha value is -3.87. The summed E-state index contributed by atoms with van der Waals surface area (Å²) in [5.74, 6) is -0.423. The van der Waals surface area contributed by atoms with Crippen LogP contribution >= 0.6 is 0 Å². The number of aromatic amines is 1. The van der Waals surface area contributed by atoms with E-state index in [1.807, 2.05) is 37.3 Å². The Kier molecular flexibility index (Phi) is 4.63. The van der Waals surface area contributed by atoms with Crippen LogP contribution in [0.2, 0.25) is 0 Å². The van der Waals surface area contributed by atoms with Gasteiger partial charge in [-0.3, -0.25) is 9.78 Å². The maximum absolute atomic E-state index is 12.4. The Morgan fingerprint density at radius 3 is 2.71 bits per heavy atom. The first-order valence-corrected chi connectivity index (χ1v) is 8.70. The molecule has 1 atom stereocenters. The predicted octanol–water partition coefficient (Wildman–Crippen LogP) is 3.91. The predicted molar refractivity (Wildman–Crippen MR) is 105 cm³/mol. The molecule has 4 aromatic rings. The number of nitrogens with one attached hydrogen (secondary N) is 2. The summed E-state index contributed by atoms with van der Waals surface area (Å²) >= 11 is 0. The average Bonchev–Trinajstić information content (AvgIpc) is 3.08. The maximum atomic E-state index is 12.4. The lowest BCUT2D eigenvalue weighted by Gasteiger charge is -2.14. The van der Waals surface area contributed by atoms with Crippen LogP contribution in [0.5, 0.6) is 5.88 Å². The van der Waals surface area contributed by atoms with Gasteiger partial charge in [-0.1, -0.05) is 30.3 Å². The normalized spacial score (nSPS) is 11.9. The number of fused-ring (bicyclic) bond motifs is 1. The molecule has 2 heterocycles. The average molecular weight is 375 g/mol. The molecule has 1 amide bonds. The van der Waals surface area contributed by atoms with Gasteiger partial charge in [-0.25, -0.2) is 9.78 Å². The Labute approximate surface area is 160 Å². The third-order valence-electron chi connectivity index (χ3n) is 4.24. The lowest BCUT2D eigenvalue weighted by molar-refractivity contribution is 0.102. The van der Waals surface area contributed by atoms with Gasteiger partial charge in [0.25, 0.3) is 5.91 Å². The number of amides is 1. The molecule has 0 bridgehead atoms. The van der Waals surface area contributed by atoms with Crippen LogP contribution in [0.3, 0.4) is 0 Å². The van der Waals surface area contributed by atoms with Crippen LogP contribution in [-0.2, 0) is 0 Å². The molecular weight excluding hydrogens is 358 g/mol. The van der Waals surface area contributed by atoms with E-state index in [9.17, 15) is 9.59 Å². The smallest absolute Gasteiger partial charge is 0.417 e. The summed E-state index contributed by atoms with van der Waals surface area (Å²) in [5, 5.41) is 2.76. The molecular formula is C21H17N3O4. The number of hydrogen-bond donors (Lipinski definition) is 2. The summed E-state index contributed by atoms with van der Waals surface area (Å²) in [6.07, 6.45) is 1.30. The minimum Gasteiger partial charge on any atom is -0.470 e. The molecule has 140 valence electrons. The zero-order chi connectivity index (χ0) is 19.5. The number of oxazole rings is 1. The fraction of sp³-hybridized carbons (Fsp3) is 0.0952. The highest BCUT2D eigenvalue weighted by molar-refractivity contribution is 6.04. The summed E-state index contributed by atoms with van der Waals surface area (Å²) in [6, 6.07) is 18.0. The number of ether oxygens (including phenoxy) is 1. The molecule has 4 rings (SSSR count). The van der Waals surface area contributed by atoms with Gasteiger partial charge in [-0.2, -0.15) is 0 Å². The second kappa shape index (κ2) is 7.40. The highest BCUT2D eigenvalue weighted by atomic mass is 16.5. The maximum Gasteiger partial charge on any atom is 0.417 e. The first-order chi connectivity index (χ1) is 13.6. The van der Waals surface area contributed by atoms with E-state index in [1.165, 1.54) is 6.20 Å². The van der Waals surface area contributed by atoms with Crippen molar-refractivity contribution in [3.05, 3.63) is 88.5 Å². The van der Waals surface area contributed by atoms with Crippen molar-refractivity contribution in [1.82, 2.24) is 9.97 Å². The minimum atomic E-state index is -0.539. The quantitative estimate of drug-likeness (QED) is 0.551. The van der Waals surface area contributed by atoms with Gasteiger partial charge in [-0.15, -0.1) is 0 Å². The van der Waals surface area contributed by atoms with Gasteiger partial charge in [0.2, 0.25) is 5.88 Å². The van der Waals surface area contributed by atoms with Crippen molar-refractivity contribution >= 4 is 22.7 Å². The standard InChI is InChI=1S/C21H17N3O4/c1-13(14-5-3-2-4-6-14)27-19-10-7-15(12-22-19)20(25)23-16-8-9-18-17(11-16)24-21(26)28-18/h2-13H,1H3,(H,23,25)(H,24,26)/t13-/m1/s1. The summed E-state index contributed by atoms with van der Waals surface area (Å²) < 4.78 is 10.8. The SMILES string of the molecule is C[C@@H](Oc1ccc(C(=O)Nc2ccc3oc(=O)[nH]c3c2)cn1)c1ccccc1. The molecule has 28 heavy (non-hydrogen) atoms. The number of anilines is 1. The minimum absolute atomic E-state index is 0.155. The molecule has 0 fully saturated rings. The number of pyridine rings is 1. The third-order valence-corrected chi connectivity index (χ3v) is 4.24. The van der Waals surface area contributed by atoms with Gasteiger partial charge < -0.3 is 14.5 Å². The van der Waals surface area contributed by atoms with E-state index >= 15 is 0 Å². The Bertz CT molecular complexity index is 1160. The van der Waals surface area contributed by atoms with Crippen LogP contribution < -0.4 is 15.8 Å². The number of benzene rings is 2. The van der Waals surface area contributed by atoms with Crippen molar-refractivity contribution in [3.8, 4) is 5.88 Å². The number of aromatic nitrogens is 2. The number of rotatable bonds is 5. The van der Waals surface area contributed by atoms with Crippen LogP contribution in [0.4, 0.5) is 5.69 Å². The molecule has 0 aliphatic carbocycles. The van der Waals surface area contributed by atoms with Crippen molar-refractivity contribution in [2.24, 2.45) is 0 Å². The van der Waals surface area contributed by atoms with Crippen LogP contribution in [0.1, 0.15) is 28.9 Å². The second-order valence-corrected chi connectivity index (χ2v) is 6.24. The zero-order valence-corrected chi connectivity index (χ0v) is 15.0. The van der Waals surface area contributed by atoms with Gasteiger partial charge in [0.1, 0.15) is 6.10 Å². The first-order valence-electron chi connectivity index (χ1n) is 8.70. The van der Waals surface area contributed by atoms with E-state index in [2.05, 4.69) is 15.3 Å².